The first-order chi connectivity index (χ1) is 9.20. The molecule has 0 saturated heterocycles. The van der Waals surface area contributed by atoms with E-state index in [-0.39, 0.29) is 18.1 Å². The number of hydrogen-bond acceptors (Lipinski definition) is 4. The molecule has 0 aliphatic heterocycles. The Kier molecular flexibility index (Phi) is 4.03. The molecule has 0 heterocycles. The van der Waals surface area contributed by atoms with E-state index >= 15 is 0 Å². The number of carbonyl (C=O) groups is 1. The van der Waals surface area contributed by atoms with E-state index in [9.17, 15) is 4.79 Å². The lowest BCUT2D eigenvalue weighted by molar-refractivity contribution is -0.134. The Morgan fingerprint density at radius 1 is 1.11 bits per heavy atom. The quantitative estimate of drug-likeness (QED) is 0.518. The Labute approximate surface area is 111 Å². The van der Waals surface area contributed by atoms with Crippen LogP contribution in [-0.2, 0) is 4.79 Å². The third kappa shape index (κ3) is 3.25. The molecular formula is C15H15NO3. The summed E-state index contributed by atoms with van der Waals surface area (Å²) >= 11 is 0. The highest BCUT2D eigenvalue weighted by atomic mass is 16.6. The van der Waals surface area contributed by atoms with Crippen LogP contribution in [0.1, 0.15) is 13.3 Å². The standard InChI is InChI=1S/C15H15NO3/c1-2-14(17)19-15-12(16)9-6-10-13(15)18-11-7-4-3-5-8-11/h3-10H,2,16H2,1H3. The van der Waals surface area contributed by atoms with E-state index in [4.69, 9.17) is 15.2 Å². The number of ether oxygens (including phenoxy) is 2. The number of nitrogen functional groups attached to an aromatic ring is 1. The van der Waals surface area contributed by atoms with Crippen molar-refractivity contribution in [1.82, 2.24) is 0 Å². The molecule has 4 heteroatoms. The first-order valence-corrected chi connectivity index (χ1v) is 6.02. The second kappa shape index (κ2) is 5.91. The normalized spacial score (nSPS) is 9.95. The van der Waals surface area contributed by atoms with Crippen molar-refractivity contribution >= 4 is 11.7 Å². The van der Waals surface area contributed by atoms with Gasteiger partial charge in [-0.25, -0.2) is 0 Å². The van der Waals surface area contributed by atoms with Crippen LogP contribution in [0.4, 0.5) is 5.69 Å². The summed E-state index contributed by atoms with van der Waals surface area (Å²) < 4.78 is 10.9. The van der Waals surface area contributed by atoms with Crippen molar-refractivity contribution in [1.29, 1.82) is 0 Å². The smallest absolute Gasteiger partial charge is 0.311 e. The minimum Gasteiger partial charge on any atom is -0.453 e. The Balaban J connectivity index is 2.29. The summed E-state index contributed by atoms with van der Waals surface area (Å²) in [5, 5.41) is 0. The topological polar surface area (TPSA) is 61.5 Å². The Bertz CT molecular complexity index is 567. The van der Waals surface area contributed by atoms with E-state index in [1.807, 2.05) is 30.3 Å². The third-order valence-electron chi connectivity index (χ3n) is 2.48. The first kappa shape index (κ1) is 13.0. The van der Waals surface area contributed by atoms with E-state index in [1.165, 1.54) is 0 Å². The van der Waals surface area contributed by atoms with Crippen molar-refractivity contribution < 1.29 is 14.3 Å². The maximum atomic E-state index is 11.4. The van der Waals surface area contributed by atoms with Crippen LogP contribution in [-0.4, -0.2) is 5.97 Å². The van der Waals surface area contributed by atoms with E-state index in [1.54, 1.807) is 25.1 Å². The van der Waals surface area contributed by atoms with Gasteiger partial charge in [0.2, 0.25) is 0 Å². The number of para-hydroxylation sites is 2. The lowest BCUT2D eigenvalue weighted by Crippen LogP contribution is -2.08. The van der Waals surface area contributed by atoms with Crippen LogP contribution < -0.4 is 15.2 Å². The number of esters is 1. The zero-order valence-corrected chi connectivity index (χ0v) is 10.6. The Morgan fingerprint density at radius 3 is 2.53 bits per heavy atom. The van der Waals surface area contributed by atoms with E-state index in [0.717, 1.165) is 0 Å². The number of hydrogen-bond donors (Lipinski definition) is 1. The minimum atomic E-state index is -0.351. The predicted octanol–water partition coefficient (Wildman–Crippen LogP) is 3.38. The summed E-state index contributed by atoms with van der Waals surface area (Å²) in [5.41, 5.74) is 6.19. The van der Waals surface area contributed by atoms with E-state index in [0.29, 0.717) is 17.2 Å². The second-order valence-corrected chi connectivity index (χ2v) is 3.92. The van der Waals surface area contributed by atoms with Crippen molar-refractivity contribution in [3.05, 3.63) is 48.5 Å². The molecular weight excluding hydrogens is 242 g/mol. The van der Waals surface area contributed by atoms with Crippen LogP contribution in [0.2, 0.25) is 0 Å². The van der Waals surface area contributed by atoms with Gasteiger partial charge in [-0.1, -0.05) is 31.2 Å². The molecule has 19 heavy (non-hydrogen) atoms. The fraction of sp³-hybridized carbons (Fsp3) is 0.133. The average molecular weight is 257 g/mol. The van der Waals surface area contributed by atoms with E-state index in [2.05, 4.69) is 0 Å². The largest absolute Gasteiger partial charge is 0.453 e. The molecule has 2 rings (SSSR count). The van der Waals surface area contributed by atoms with Gasteiger partial charge in [0.05, 0.1) is 5.69 Å². The summed E-state index contributed by atoms with van der Waals surface area (Å²) in [4.78, 5) is 11.4. The molecule has 4 nitrogen and oxygen atoms in total. The van der Waals surface area contributed by atoms with Gasteiger partial charge in [0, 0.05) is 6.42 Å². The zero-order valence-electron chi connectivity index (χ0n) is 10.6. The van der Waals surface area contributed by atoms with Gasteiger partial charge in [-0.2, -0.15) is 0 Å². The number of anilines is 1. The maximum absolute atomic E-state index is 11.4. The molecule has 0 atom stereocenters. The number of rotatable bonds is 4. The summed E-state index contributed by atoms with van der Waals surface area (Å²) in [5.74, 6) is 0.990. The summed E-state index contributed by atoms with van der Waals surface area (Å²) in [6, 6.07) is 14.4. The van der Waals surface area contributed by atoms with E-state index < -0.39 is 0 Å². The minimum absolute atomic E-state index is 0.262. The molecule has 0 radical (unpaired) electrons. The van der Waals surface area contributed by atoms with Gasteiger partial charge in [-0.15, -0.1) is 0 Å². The Hall–Kier alpha value is -2.49. The fourth-order valence-electron chi connectivity index (χ4n) is 1.52. The Morgan fingerprint density at radius 2 is 1.84 bits per heavy atom. The molecule has 0 unspecified atom stereocenters. The average Bonchev–Trinajstić information content (AvgIpc) is 2.43. The highest BCUT2D eigenvalue weighted by Gasteiger charge is 2.13. The molecule has 2 N–H and O–H groups in total. The zero-order chi connectivity index (χ0) is 13.7. The third-order valence-corrected chi connectivity index (χ3v) is 2.48. The molecule has 0 aliphatic carbocycles. The van der Waals surface area contributed by atoms with Gasteiger partial charge in [0.15, 0.2) is 11.5 Å². The van der Waals surface area contributed by atoms with Crippen LogP contribution >= 0.6 is 0 Å². The molecule has 0 fully saturated rings. The molecule has 2 aromatic carbocycles. The molecule has 98 valence electrons. The van der Waals surface area contributed by atoms with Crippen LogP contribution in [0.3, 0.4) is 0 Å². The molecule has 0 amide bonds. The van der Waals surface area contributed by atoms with Crippen LogP contribution in [0, 0.1) is 0 Å². The molecule has 0 saturated carbocycles. The van der Waals surface area contributed by atoms with Gasteiger partial charge < -0.3 is 15.2 Å². The van der Waals surface area contributed by atoms with Crippen molar-refractivity contribution in [2.45, 2.75) is 13.3 Å². The van der Waals surface area contributed by atoms with Crippen LogP contribution in [0.25, 0.3) is 0 Å². The molecule has 2 aromatic rings. The summed E-state index contributed by atoms with van der Waals surface area (Å²) in [7, 11) is 0. The lowest BCUT2D eigenvalue weighted by atomic mass is 10.2. The maximum Gasteiger partial charge on any atom is 0.311 e. The molecule has 0 aromatic heterocycles. The van der Waals surface area contributed by atoms with Gasteiger partial charge in [-0.3, -0.25) is 4.79 Å². The molecule has 0 aliphatic rings. The molecule has 0 bridgehead atoms. The number of carbonyl (C=O) groups excluding carboxylic acids is 1. The van der Waals surface area contributed by atoms with Crippen molar-refractivity contribution in [2.75, 3.05) is 5.73 Å². The van der Waals surface area contributed by atoms with Gasteiger partial charge in [-0.05, 0) is 24.3 Å². The number of benzene rings is 2. The van der Waals surface area contributed by atoms with Crippen molar-refractivity contribution in [2.24, 2.45) is 0 Å². The summed E-state index contributed by atoms with van der Waals surface area (Å²) in [6.07, 6.45) is 0.277. The predicted molar refractivity (Wildman–Crippen MR) is 73.3 cm³/mol. The van der Waals surface area contributed by atoms with Crippen LogP contribution in [0.5, 0.6) is 17.2 Å². The highest BCUT2D eigenvalue weighted by Crippen LogP contribution is 2.36. The van der Waals surface area contributed by atoms with Gasteiger partial charge >= 0.3 is 5.97 Å². The van der Waals surface area contributed by atoms with Gasteiger partial charge in [0.25, 0.3) is 0 Å². The summed E-state index contributed by atoms with van der Waals surface area (Å²) in [6.45, 7) is 1.72. The lowest BCUT2D eigenvalue weighted by Gasteiger charge is -2.12. The van der Waals surface area contributed by atoms with Crippen molar-refractivity contribution in [3.8, 4) is 17.2 Å². The fourth-order valence-corrected chi connectivity index (χ4v) is 1.52. The highest BCUT2D eigenvalue weighted by molar-refractivity contribution is 5.76. The van der Waals surface area contributed by atoms with Gasteiger partial charge in [0.1, 0.15) is 5.75 Å². The number of nitrogens with two attached hydrogens (primary N) is 1. The van der Waals surface area contributed by atoms with Crippen molar-refractivity contribution in [3.63, 3.8) is 0 Å². The molecule has 0 spiro atoms. The second-order valence-electron chi connectivity index (χ2n) is 3.92. The first-order valence-electron chi connectivity index (χ1n) is 6.02. The SMILES string of the molecule is CCC(=O)Oc1c(N)cccc1Oc1ccccc1. The monoisotopic (exact) mass is 257 g/mol. The van der Waals surface area contributed by atoms with Crippen LogP contribution in [0.15, 0.2) is 48.5 Å².